The fourth-order valence-corrected chi connectivity index (χ4v) is 8.94. The minimum Gasteiger partial charge on any atom is -0.226 e. The molecule has 8 aromatic carbocycles. The lowest BCUT2D eigenvalue weighted by molar-refractivity contribution is 1.07. The van der Waals surface area contributed by atoms with Crippen LogP contribution in [0.2, 0.25) is 0 Å². The first-order valence-electron chi connectivity index (χ1n) is 20.2. The zero-order valence-corrected chi connectivity index (χ0v) is 33.7. The molecule has 0 atom stereocenters. The van der Waals surface area contributed by atoms with E-state index in [1.807, 2.05) is 18.2 Å². The van der Waals surface area contributed by atoms with Crippen LogP contribution in [0.1, 0.15) is 0 Å². The van der Waals surface area contributed by atoms with Gasteiger partial charge in [-0.2, -0.15) is 0 Å². The lowest BCUT2D eigenvalue weighted by Crippen LogP contribution is -2.00. The first-order valence-corrected chi connectivity index (χ1v) is 21.1. The summed E-state index contributed by atoms with van der Waals surface area (Å²) >= 11 is 1.74. The van der Waals surface area contributed by atoms with Gasteiger partial charge < -0.3 is 0 Å². The van der Waals surface area contributed by atoms with Crippen molar-refractivity contribution in [3.8, 4) is 90.2 Å². The summed E-state index contributed by atoms with van der Waals surface area (Å²) in [6, 6.07) is 73.4. The molecule has 0 saturated heterocycles. The number of aromatic nitrogens is 5. The molecule has 5 nitrogen and oxygen atoms in total. The minimum atomic E-state index is 0.588. The van der Waals surface area contributed by atoms with E-state index in [0.29, 0.717) is 23.3 Å². The van der Waals surface area contributed by atoms with Crippen LogP contribution in [-0.2, 0) is 0 Å². The van der Waals surface area contributed by atoms with E-state index in [9.17, 15) is 0 Å². The second-order valence-electron chi connectivity index (χ2n) is 14.9. The molecule has 0 amide bonds. The quantitative estimate of drug-likeness (QED) is 0.153. The summed E-state index contributed by atoms with van der Waals surface area (Å²) in [7, 11) is 0. The Morgan fingerprint density at radius 1 is 0.246 bits per heavy atom. The van der Waals surface area contributed by atoms with Crippen LogP contribution in [0.5, 0.6) is 0 Å². The second kappa shape index (κ2) is 15.7. The van der Waals surface area contributed by atoms with Gasteiger partial charge in [-0.15, -0.1) is 11.3 Å². The van der Waals surface area contributed by atoms with Gasteiger partial charge in [-0.05, 0) is 39.4 Å². The Labute approximate surface area is 357 Å². The molecule has 0 aliphatic heterocycles. The van der Waals surface area contributed by atoms with Crippen molar-refractivity contribution in [3.05, 3.63) is 212 Å². The van der Waals surface area contributed by atoms with Crippen LogP contribution >= 0.6 is 11.3 Å². The molecule has 286 valence electrons. The molecule has 3 aromatic heterocycles. The average molecular weight is 798 g/mol. The third kappa shape index (κ3) is 7.16. The summed E-state index contributed by atoms with van der Waals surface area (Å²) in [5, 5.41) is 1.13. The maximum Gasteiger partial charge on any atom is 0.164 e. The van der Waals surface area contributed by atoms with E-state index < -0.39 is 0 Å². The molecule has 61 heavy (non-hydrogen) atoms. The molecule has 0 unspecified atom stereocenters. The van der Waals surface area contributed by atoms with Gasteiger partial charge in [0.2, 0.25) is 0 Å². The fourth-order valence-electron chi connectivity index (χ4n) is 7.78. The van der Waals surface area contributed by atoms with Crippen LogP contribution in [0.3, 0.4) is 0 Å². The molecule has 0 fully saturated rings. The SMILES string of the molecule is c1ccc(-c2ccc(-c3nc(-c4ccc(-c5ccccc5)cc4)nc(-c4ccc(-c5nc(-c6ccc(-c7ccccc7)cc6)c6sc7ccccc7c6n5)cc4)n3)cc2)cc1. The topological polar surface area (TPSA) is 64.5 Å². The molecule has 0 spiro atoms. The number of thiophene rings is 1. The predicted octanol–water partition coefficient (Wildman–Crippen LogP) is 14.4. The Balaban J connectivity index is 0.984. The summed E-state index contributed by atoms with van der Waals surface area (Å²) in [5.41, 5.74) is 13.5. The van der Waals surface area contributed by atoms with Crippen LogP contribution in [-0.4, -0.2) is 24.9 Å². The highest BCUT2D eigenvalue weighted by Gasteiger charge is 2.18. The van der Waals surface area contributed by atoms with Gasteiger partial charge in [-0.1, -0.05) is 206 Å². The molecule has 0 saturated carbocycles. The van der Waals surface area contributed by atoms with Crippen molar-refractivity contribution in [1.82, 2.24) is 24.9 Å². The van der Waals surface area contributed by atoms with Crippen molar-refractivity contribution in [2.75, 3.05) is 0 Å². The van der Waals surface area contributed by atoms with E-state index in [0.717, 1.165) is 71.4 Å². The molecule has 3 heterocycles. The zero-order chi connectivity index (χ0) is 40.5. The standard InChI is InChI=1S/C55H35N5S/c1-4-12-36(13-5-1)39-20-26-42(27-21-39)49-51-50(47-18-10-11-19-48(47)61-51)57-52(56-49)43-32-34-46(35-33-43)55-59-53(44-28-22-40(23-29-44)37-14-6-2-7-15-37)58-54(60-55)45-30-24-41(25-31-45)38-16-8-3-9-17-38/h1-35H. The van der Waals surface area contributed by atoms with Crippen molar-refractivity contribution in [1.29, 1.82) is 0 Å². The Kier molecular flexibility index (Phi) is 9.30. The highest BCUT2D eigenvalue weighted by atomic mass is 32.1. The fraction of sp³-hybridized carbons (Fsp3) is 0. The summed E-state index contributed by atoms with van der Waals surface area (Å²) in [6.07, 6.45) is 0. The predicted molar refractivity (Wildman–Crippen MR) is 252 cm³/mol. The van der Waals surface area contributed by atoms with Gasteiger partial charge in [-0.3, -0.25) is 0 Å². The first kappa shape index (κ1) is 36.2. The maximum atomic E-state index is 5.26. The Bertz CT molecular complexity index is 3190. The Morgan fingerprint density at radius 3 is 0.967 bits per heavy atom. The first-order chi connectivity index (χ1) is 30.2. The number of benzene rings is 8. The number of rotatable bonds is 8. The van der Waals surface area contributed by atoms with Crippen LogP contribution in [0, 0.1) is 0 Å². The third-order valence-corrected chi connectivity index (χ3v) is 12.2. The van der Waals surface area contributed by atoms with Crippen molar-refractivity contribution < 1.29 is 0 Å². The number of hydrogen-bond acceptors (Lipinski definition) is 6. The van der Waals surface area contributed by atoms with Crippen molar-refractivity contribution >= 4 is 31.6 Å². The number of nitrogens with zero attached hydrogens (tertiary/aromatic N) is 5. The van der Waals surface area contributed by atoms with Crippen LogP contribution in [0.15, 0.2) is 212 Å². The van der Waals surface area contributed by atoms with Crippen molar-refractivity contribution in [2.45, 2.75) is 0 Å². The lowest BCUT2D eigenvalue weighted by atomic mass is 10.0. The van der Waals surface area contributed by atoms with Crippen LogP contribution < -0.4 is 0 Å². The normalized spacial score (nSPS) is 11.3. The number of fused-ring (bicyclic) bond motifs is 3. The highest BCUT2D eigenvalue weighted by Crippen LogP contribution is 2.40. The lowest BCUT2D eigenvalue weighted by Gasteiger charge is -2.11. The molecular weight excluding hydrogens is 763 g/mol. The van der Waals surface area contributed by atoms with Gasteiger partial charge >= 0.3 is 0 Å². The molecule has 0 aliphatic rings. The average Bonchev–Trinajstić information content (AvgIpc) is 3.73. The van der Waals surface area contributed by atoms with Gasteiger partial charge in [-0.25, -0.2) is 24.9 Å². The molecule has 6 heteroatoms. The van der Waals surface area contributed by atoms with E-state index in [1.165, 1.54) is 15.8 Å². The summed E-state index contributed by atoms with van der Waals surface area (Å²) in [6.45, 7) is 0. The largest absolute Gasteiger partial charge is 0.226 e. The Hall–Kier alpha value is -7.93. The molecular formula is C55H35N5S. The van der Waals surface area contributed by atoms with E-state index >= 15 is 0 Å². The molecule has 0 bridgehead atoms. The highest BCUT2D eigenvalue weighted by molar-refractivity contribution is 7.26. The van der Waals surface area contributed by atoms with Crippen LogP contribution in [0.25, 0.3) is 110 Å². The van der Waals surface area contributed by atoms with Crippen LogP contribution in [0.4, 0.5) is 0 Å². The van der Waals surface area contributed by atoms with E-state index in [-0.39, 0.29) is 0 Å². The monoisotopic (exact) mass is 797 g/mol. The van der Waals surface area contributed by atoms with Gasteiger partial charge in [0, 0.05) is 37.9 Å². The van der Waals surface area contributed by atoms with Gasteiger partial charge in [0.05, 0.1) is 15.9 Å². The second-order valence-corrected chi connectivity index (χ2v) is 15.9. The molecule has 11 aromatic rings. The zero-order valence-electron chi connectivity index (χ0n) is 32.9. The third-order valence-electron chi connectivity index (χ3n) is 11.0. The smallest absolute Gasteiger partial charge is 0.164 e. The van der Waals surface area contributed by atoms with E-state index in [2.05, 4.69) is 194 Å². The van der Waals surface area contributed by atoms with Gasteiger partial charge in [0.15, 0.2) is 23.3 Å². The van der Waals surface area contributed by atoms with Gasteiger partial charge in [0.25, 0.3) is 0 Å². The Morgan fingerprint density at radius 2 is 0.557 bits per heavy atom. The molecule has 11 rings (SSSR count). The summed E-state index contributed by atoms with van der Waals surface area (Å²) in [5.74, 6) is 2.47. The van der Waals surface area contributed by atoms with Crippen molar-refractivity contribution in [2.24, 2.45) is 0 Å². The van der Waals surface area contributed by atoms with E-state index in [1.54, 1.807) is 11.3 Å². The molecule has 0 N–H and O–H groups in total. The molecule has 0 radical (unpaired) electrons. The number of hydrogen-bond donors (Lipinski definition) is 0. The minimum absolute atomic E-state index is 0.588. The van der Waals surface area contributed by atoms with E-state index in [4.69, 9.17) is 24.9 Å². The van der Waals surface area contributed by atoms with Gasteiger partial charge in [0.1, 0.15) is 0 Å². The van der Waals surface area contributed by atoms with Crippen molar-refractivity contribution in [3.63, 3.8) is 0 Å². The maximum absolute atomic E-state index is 5.26. The summed E-state index contributed by atoms with van der Waals surface area (Å²) in [4.78, 5) is 25.6. The molecule has 0 aliphatic carbocycles. The summed E-state index contributed by atoms with van der Waals surface area (Å²) < 4.78 is 2.26.